The largest absolute Gasteiger partial charge is 0.0622 e. The molecule has 0 nitrogen and oxygen atoms in total. The van der Waals surface area contributed by atoms with Crippen LogP contribution in [0.5, 0.6) is 0 Å². The van der Waals surface area contributed by atoms with Gasteiger partial charge in [-0.3, -0.25) is 0 Å². The Morgan fingerprint density at radius 3 is 0.478 bits per heavy atom. The molecule has 0 aromatic heterocycles. The minimum atomic E-state index is -0.446. The van der Waals surface area contributed by atoms with E-state index >= 15 is 0 Å². The fourth-order valence-electron chi connectivity index (χ4n) is 7.52. The summed E-state index contributed by atoms with van der Waals surface area (Å²) in [6, 6.07) is 106. The number of benzene rings is 10. The summed E-state index contributed by atoms with van der Waals surface area (Å²) >= 11 is 0. The van der Waals surface area contributed by atoms with E-state index in [0.717, 1.165) is 33.4 Å². The molecule has 0 aliphatic rings. The summed E-state index contributed by atoms with van der Waals surface area (Å²) in [7, 11) is -0.892. The van der Waals surface area contributed by atoms with Crippen LogP contribution in [0.1, 0.15) is 22.3 Å². The molecule has 0 bridgehead atoms. The Labute approximate surface area is 414 Å². The molecule has 0 saturated carbocycles. The Morgan fingerprint density at radius 1 is 0.194 bits per heavy atom. The zero-order chi connectivity index (χ0) is 44.9. The van der Waals surface area contributed by atoms with Crippen LogP contribution >= 0.6 is 15.8 Å². The van der Waals surface area contributed by atoms with Crippen molar-refractivity contribution >= 4 is 58.8 Å². The van der Waals surface area contributed by atoms with E-state index in [-0.39, 0.29) is 21.1 Å². The van der Waals surface area contributed by atoms with Crippen LogP contribution in [-0.2, 0) is 21.1 Å². The number of rotatable bonds is 10. The van der Waals surface area contributed by atoms with Gasteiger partial charge in [-0.25, -0.2) is 0 Å². The molecule has 10 aromatic rings. The maximum atomic E-state index is 3.48. The van der Waals surface area contributed by atoms with Gasteiger partial charge < -0.3 is 0 Å². The molecule has 0 saturated heterocycles. The summed E-state index contributed by atoms with van der Waals surface area (Å²) in [6.45, 7) is 0. The SMILES string of the molecule is C(=C=C(c1ccccc1)c1ccccc1)=C(c1ccccc1)c1ccccc1.[Pt].c1ccc(P(c2ccccc2)c2ccccc2)cc1.c1ccc(P(c2ccccc2)c2ccccc2)cc1. The molecule has 0 radical (unpaired) electrons. The third-order valence-corrected chi connectivity index (χ3v) is 15.5. The van der Waals surface area contributed by atoms with Crippen molar-refractivity contribution in [3.8, 4) is 0 Å². The van der Waals surface area contributed by atoms with Crippen molar-refractivity contribution in [2.75, 3.05) is 0 Å². The van der Waals surface area contributed by atoms with Crippen molar-refractivity contribution in [3.63, 3.8) is 0 Å². The topological polar surface area (TPSA) is 0 Å². The van der Waals surface area contributed by atoms with E-state index in [1.807, 2.05) is 24.3 Å². The summed E-state index contributed by atoms with van der Waals surface area (Å²) in [6.07, 6.45) is 0. The molecule has 0 atom stereocenters. The quantitative estimate of drug-likeness (QED) is 0.0946. The van der Waals surface area contributed by atoms with E-state index in [0.29, 0.717) is 0 Å². The maximum Gasteiger partial charge on any atom is 0.0393 e. The number of hydrogen-bond donors (Lipinski definition) is 0. The second kappa shape index (κ2) is 26.3. The van der Waals surface area contributed by atoms with Crippen LogP contribution < -0.4 is 31.8 Å². The molecule has 0 aliphatic heterocycles. The predicted octanol–water partition coefficient (Wildman–Crippen LogP) is 13.9. The van der Waals surface area contributed by atoms with E-state index in [4.69, 9.17) is 0 Å². The average Bonchev–Trinajstić information content (AvgIpc) is 3.41. The van der Waals surface area contributed by atoms with Gasteiger partial charge in [0.2, 0.25) is 0 Å². The first kappa shape index (κ1) is 48.0. The maximum absolute atomic E-state index is 3.48. The summed E-state index contributed by atoms with van der Waals surface area (Å²) in [5, 5.41) is 8.39. The minimum absolute atomic E-state index is 0. The molecule has 0 amide bonds. The van der Waals surface area contributed by atoms with Crippen molar-refractivity contribution in [3.05, 3.63) is 337 Å². The summed E-state index contributed by atoms with van der Waals surface area (Å²) in [5.74, 6) is 0. The molecule has 0 unspecified atom stereocenters. The molecule has 0 spiro atoms. The molecule has 0 heterocycles. The van der Waals surface area contributed by atoms with Crippen molar-refractivity contribution < 1.29 is 21.1 Å². The van der Waals surface area contributed by atoms with E-state index in [1.165, 1.54) is 31.8 Å². The van der Waals surface area contributed by atoms with Crippen LogP contribution in [0.15, 0.2) is 315 Å². The van der Waals surface area contributed by atoms with Crippen LogP contribution in [0.25, 0.3) is 11.1 Å². The van der Waals surface area contributed by atoms with Crippen LogP contribution in [0.2, 0.25) is 0 Å². The molecule has 3 heteroatoms. The first-order valence-electron chi connectivity index (χ1n) is 22.2. The standard InChI is InChI=1S/C28H20.2C18H15P.Pt/c1-5-13-23(14-6-1)27(24-15-7-2-8-16-24)21-22-28(25-17-9-3-10-18-25)26-19-11-4-12-20-26;2*1-4-10-16(11-5-1)19(17-12-6-2-7-13-17)18-14-8-3-9-15-18;/h1-20H;2*1-15H;. The van der Waals surface area contributed by atoms with Crippen molar-refractivity contribution in [1.82, 2.24) is 0 Å². The van der Waals surface area contributed by atoms with Gasteiger partial charge >= 0.3 is 0 Å². The van der Waals surface area contributed by atoms with Crippen LogP contribution in [-0.4, -0.2) is 0 Å². The van der Waals surface area contributed by atoms with E-state index in [1.54, 1.807) is 0 Å². The first-order valence-corrected chi connectivity index (χ1v) is 24.9. The van der Waals surface area contributed by atoms with Gasteiger partial charge in [-0.2, -0.15) is 0 Å². The van der Waals surface area contributed by atoms with Gasteiger partial charge in [0.1, 0.15) is 0 Å². The molecular formula is C64H50P2Pt. The molecule has 10 aromatic carbocycles. The average molecular weight is 1080 g/mol. The van der Waals surface area contributed by atoms with E-state index < -0.39 is 15.8 Å². The van der Waals surface area contributed by atoms with Crippen molar-refractivity contribution in [1.29, 1.82) is 0 Å². The van der Waals surface area contributed by atoms with Crippen molar-refractivity contribution in [2.24, 2.45) is 0 Å². The fourth-order valence-corrected chi connectivity index (χ4v) is 12.1. The Morgan fingerprint density at radius 2 is 0.328 bits per heavy atom. The van der Waals surface area contributed by atoms with Gasteiger partial charge in [-0.05, 0) is 69.9 Å². The van der Waals surface area contributed by atoms with Gasteiger partial charge in [0.05, 0.1) is 0 Å². The van der Waals surface area contributed by atoms with Crippen LogP contribution in [0.4, 0.5) is 0 Å². The molecule has 0 fully saturated rings. The Hall–Kier alpha value is -6.95. The normalized spacial score (nSPS) is 10.1. The minimum Gasteiger partial charge on any atom is -0.0622 e. The molecule has 0 N–H and O–H groups in total. The Balaban J connectivity index is 0.000000152. The molecule has 326 valence electrons. The second-order valence-electron chi connectivity index (χ2n) is 15.1. The Kier molecular flexibility index (Phi) is 18.8. The van der Waals surface area contributed by atoms with E-state index in [2.05, 4.69) is 291 Å². The monoisotopic (exact) mass is 1080 g/mol. The summed E-state index contributed by atoms with van der Waals surface area (Å²) in [5.41, 5.74) is 13.5. The smallest absolute Gasteiger partial charge is 0.0393 e. The molecule has 0 aliphatic carbocycles. The predicted molar refractivity (Wildman–Crippen MR) is 288 cm³/mol. The van der Waals surface area contributed by atoms with Gasteiger partial charge in [0, 0.05) is 32.2 Å². The molecule has 10 rings (SSSR count). The van der Waals surface area contributed by atoms with E-state index in [9.17, 15) is 0 Å². The van der Waals surface area contributed by atoms with Crippen molar-refractivity contribution in [2.45, 2.75) is 0 Å². The first-order chi connectivity index (χ1) is 32.8. The Bertz CT molecular complexity index is 2550. The summed E-state index contributed by atoms with van der Waals surface area (Å²) < 4.78 is 0. The zero-order valence-electron chi connectivity index (χ0n) is 37.1. The fraction of sp³-hybridized carbons (Fsp3) is 0. The third-order valence-electron chi connectivity index (χ3n) is 10.6. The third kappa shape index (κ3) is 13.8. The van der Waals surface area contributed by atoms with Gasteiger partial charge in [-0.15, -0.1) is 0 Å². The van der Waals surface area contributed by atoms with Gasteiger partial charge in [0.15, 0.2) is 0 Å². The number of hydrogen-bond acceptors (Lipinski definition) is 0. The zero-order valence-corrected chi connectivity index (χ0v) is 41.1. The second-order valence-corrected chi connectivity index (χ2v) is 19.6. The van der Waals surface area contributed by atoms with Crippen LogP contribution in [0.3, 0.4) is 0 Å². The molecule has 67 heavy (non-hydrogen) atoms. The van der Waals surface area contributed by atoms with Gasteiger partial charge in [-0.1, -0.05) is 315 Å². The molecular weight excluding hydrogens is 1030 g/mol. The summed E-state index contributed by atoms with van der Waals surface area (Å²) in [4.78, 5) is 0. The van der Waals surface area contributed by atoms with Gasteiger partial charge in [0.25, 0.3) is 0 Å². The van der Waals surface area contributed by atoms with Crippen LogP contribution in [0, 0.1) is 0 Å².